The number of rotatable bonds is 40. The molecule has 0 bridgehead atoms. The smallest absolute Gasteiger partial charge is 0.306 e. The summed E-state index contributed by atoms with van der Waals surface area (Å²) < 4.78 is 16.6. The Morgan fingerprint density at radius 3 is 1.34 bits per heavy atom. The van der Waals surface area contributed by atoms with E-state index in [0.717, 1.165) is 103 Å². The molecule has 0 fully saturated rings. The van der Waals surface area contributed by atoms with Crippen LogP contribution in [0.1, 0.15) is 188 Å². The molecule has 0 aliphatic heterocycles. The van der Waals surface area contributed by atoms with E-state index in [1.807, 2.05) is 36.5 Å². The van der Waals surface area contributed by atoms with Crippen LogP contribution in [0.2, 0.25) is 0 Å². The highest BCUT2D eigenvalue weighted by molar-refractivity contribution is 5.71. The Morgan fingerprint density at radius 1 is 0.373 bits per heavy atom. The largest absolute Gasteiger partial charge is 0.462 e. The monoisotopic (exact) mass is 817 g/mol. The predicted molar refractivity (Wildman–Crippen MR) is 251 cm³/mol. The third-order valence-electron chi connectivity index (χ3n) is 9.34. The van der Waals surface area contributed by atoms with Crippen LogP contribution < -0.4 is 0 Å². The van der Waals surface area contributed by atoms with Crippen molar-refractivity contribution in [2.75, 3.05) is 13.2 Å². The summed E-state index contributed by atoms with van der Waals surface area (Å²) in [5.74, 6) is -1.01. The molecule has 6 nitrogen and oxygen atoms in total. The van der Waals surface area contributed by atoms with Crippen LogP contribution in [0.5, 0.6) is 0 Å². The number of carbonyl (C=O) groups excluding carboxylic acids is 3. The van der Waals surface area contributed by atoms with Crippen LogP contribution in [-0.4, -0.2) is 37.2 Å². The van der Waals surface area contributed by atoms with Crippen molar-refractivity contribution in [3.63, 3.8) is 0 Å². The molecule has 6 heteroatoms. The lowest BCUT2D eigenvalue weighted by Gasteiger charge is -2.18. The Morgan fingerprint density at radius 2 is 0.780 bits per heavy atom. The Hall–Kier alpha value is -3.93. The molecular weight excluding hydrogens is 733 g/mol. The van der Waals surface area contributed by atoms with Crippen molar-refractivity contribution in [2.45, 2.75) is 194 Å². The van der Waals surface area contributed by atoms with Gasteiger partial charge in [-0.2, -0.15) is 0 Å². The summed E-state index contributed by atoms with van der Waals surface area (Å²) in [5.41, 5.74) is 0. The minimum Gasteiger partial charge on any atom is -0.462 e. The fourth-order valence-electron chi connectivity index (χ4n) is 5.84. The zero-order valence-electron chi connectivity index (χ0n) is 37.7. The van der Waals surface area contributed by atoms with Gasteiger partial charge in [-0.25, -0.2) is 0 Å². The van der Waals surface area contributed by atoms with E-state index in [0.29, 0.717) is 19.3 Å². The Labute approximate surface area is 361 Å². The van der Waals surface area contributed by atoms with Crippen LogP contribution in [0.4, 0.5) is 0 Å². The van der Waals surface area contributed by atoms with Crippen LogP contribution >= 0.6 is 0 Å². The number of carbonyl (C=O) groups is 3. The van der Waals surface area contributed by atoms with Crippen LogP contribution in [0, 0.1) is 0 Å². The molecule has 0 saturated heterocycles. The fraction of sp³-hybridized carbons (Fsp3) is 0.604. The Kier molecular flexibility index (Phi) is 43.6. The van der Waals surface area contributed by atoms with Crippen molar-refractivity contribution < 1.29 is 28.6 Å². The molecule has 0 aromatic heterocycles. The molecule has 0 radical (unpaired) electrons. The molecule has 1 atom stereocenters. The van der Waals surface area contributed by atoms with Gasteiger partial charge in [0.25, 0.3) is 0 Å². The predicted octanol–water partition coefficient (Wildman–Crippen LogP) is 15.2. The minimum absolute atomic E-state index is 0.113. The van der Waals surface area contributed by atoms with Gasteiger partial charge in [-0.15, -0.1) is 0 Å². The number of ether oxygens (including phenoxy) is 3. The summed E-state index contributed by atoms with van der Waals surface area (Å²) >= 11 is 0. The summed E-state index contributed by atoms with van der Waals surface area (Å²) in [4.78, 5) is 37.8. The van der Waals surface area contributed by atoms with Gasteiger partial charge in [0.15, 0.2) is 6.10 Å². The van der Waals surface area contributed by atoms with Gasteiger partial charge in [-0.1, -0.05) is 188 Å². The molecule has 0 N–H and O–H groups in total. The summed E-state index contributed by atoms with van der Waals surface area (Å²) in [6, 6.07) is 0. The lowest BCUT2D eigenvalue weighted by molar-refractivity contribution is -0.167. The molecule has 0 rings (SSSR count). The van der Waals surface area contributed by atoms with Gasteiger partial charge in [0.2, 0.25) is 0 Å². The van der Waals surface area contributed by atoms with E-state index in [1.54, 1.807) is 0 Å². The lowest BCUT2D eigenvalue weighted by Crippen LogP contribution is -2.30. The summed E-state index contributed by atoms with van der Waals surface area (Å²) in [5, 5.41) is 0. The van der Waals surface area contributed by atoms with Gasteiger partial charge in [-0.05, 0) is 89.9 Å². The molecule has 0 spiro atoms. The second-order valence-electron chi connectivity index (χ2n) is 15.0. The second-order valence-corrected chi connectivity index (χ2v) is 15.0. The fourth-order valence-corrected chi connectivity index (χ4v) is 5.84. The van der Waals surface area contributed by atoms with Gasteiger partial charge >= 0.3 is 17.9 Å². The van der Waals surface area contributed by atoms with Crippen molar-refractivity contribution in [1.29, 1.82) is 0 Å². The van der Waals surface area contributed by atoms with E-state index in [4.69, 9.17) is 14.2 Å². The zero-order chi connectivity index (χ0) is 43.0. The number of unbranched alkanes of at least 4 members (excludes halogenated alkanes) is 15. The summed E-state index contributed by atoms with van der Waals surface area (Å²) in [7, 11) is 0. The second kappa shape index (κ2) is 46.8. The van der Waals surface area contributed by atoms with Crippen LogP contribution in [-0.2, 0) is 28.6 Å². The molecule has 0 saturated carbocycles. The van der Waals surface area contributed by atoms with E-state index in [-0.39, 0.29) is 37.5 Å². The average molecular weight is 817 g/mol. The molecule has 0 aromatic rings. The van der Waals surface area contributed by atoms with Crippen molar-refractivity contribution in [1.82, 2.24) is 0 Å². The van der Waals surface area contributed by atoms with Crippen LogP contribution in [0.3, 0.4) is 0 Å². The standard InChI is InChI=1S/C53H84O6/c1-4-7-10-13-16-19-22-24-25-26-27-28-29-32-34-37-40-43-46-52(55)58-49-50(48-57-51(54)45-42-39-36-33-30-21-18-15-12-9-6-3)59-53(56)47-44-41-38-35-31-23-20-17-14-11-8-5-2/h9-10,12-13,16-22,24-28,33,36,50H,4-8,11,14-15,23,29-32,34-35,37-49H2,1-3H3/b12-9-,13-10-,19-16-,20-17-,21-18-,24-22-,26-25-,28-27-,36-33-. The third-order valence-corrected chi connectivity index (χ3v) is 9.34. The molecule has 0 heterocycles. The quantitative estimate of drug-likeness (QED) is 0.0201. The molecular formula is C53H84O6. The Bertz CT molecular complexity index is 1260. The molecule has 0 aliphatic carbocycles. The molecule has 1 unspecified atom stereocenters. The van der Waals surface area contributed by atoms with E-state index >= 15 is 0 Å². The maximum absolute atomic E-state index is 12.7. The highest BCUT2D eigenvalue weighted by Crippen LogP contribution is 2.12. The van der Waals surface area contributed by atoms with E-state index < -0.39 is 6.10 Å². The van der Waals surface area contributed by atoms with E-state index in [2.05, 4.69) is 93.7 Å². The van der Waals surface area contributed by atoms with Crippen molar-refractivity contribution >= 4 is 17.9 Å². The minimum atomic E-state index is -0.813. The zero-order valence-corrected chi connectivity index (χ0v) is 37.7. The van der Waals surface area contributed by atoms with Crippen LogP contribution in [0.25, 0.3) is 0 Å². The first kappa shape index (κ1) is 55.1. The number of hydrogen-bond acceptors (Lipinski definition) is 6. The van der Waals surface area contributed by atoms with Crippen molar-refractivity contribution in [2.24, 2.45) is 0 Å². The normalized spacial score (nSPS) is 13.1. The highest BCUT2D eigenvalue weighted by atomic mass is 16.6. The summed E-state index contributed by atoms with van der Waals surface area (Å²) in [6.45, 7) is 6.30. The topological polar surface area (TPSA) is 78.9 Å². The van der Waals surface area contributed by atoms with Gasteiger partial charge < -0.3 is 14.2 Å². The molecule has 0 aliphatic rings. The van der Waals surface area contributed by atoms with Crippen molar-refractivity contribution in [3.8, 4) is 0 Å². The van der Waals surface area contributed by atoms with Crippen molar-refractivity contribution in [3.05, 3.63) is 109 Å². The van der Waals surface area contributed by atoms with Gasteiger partial charge in [-0.3, -0.25) is 14.4 Å². The lowest BCUT2D eigenvalue weighted by atomic mass is 10.1. The first-order valence-electron chi connectivity index (χ1n) is 23.5. The Balaban J connectivity index is 4.50. The first-order valence-corrected chi connectivity index (χ1v) is 23.5. The van der Waals surface area contributed by atoms with Gasteiger partial charge in [0, 0.05) is 19.3 Å². The third kappa shape index (κ3) is 45.0. The summed E-state index contributed by atoms with van der Waals surface area (Å²) in [6.07, 6.45) is 62.1. The van der Waals surface area contributed by atoms with E-state index in [9.17, 15) is 14.4 Å². The van der Waals surface area contributed by atoms with Crippen LogP contribution in [0.15, 0.2) is 109 Å². The van der Waals surface area contributed by atoms with Gasteiger partial charge in [0.1, 0.15) is 13.2 Å². The van der Waals surface area contributed by atoms with E-state index in [1.165, 1.54) is 38.5 Å². The molecule has 332 valence electrons. The molecule has 0 aromatic carbocycles. The SMILES string of the molecule is CC/C=C\C/C=C\C/C=C\CCCC(=O)OCC(COC(=O)CCCCCCC\C=C/C=C\C=C/C=C\C=C/CCC)OC(=O)CCCCCCC/C=C\CCCCC. The maximum Gasteiger partial charge on any atom is 0.306 e. The number of esters is 3. The maximum atomic E-state index is 12.7. The average Bonchev–Trinajstić information content (AvgIpc) is 3.23. The first-order chi connectivity index (χ1) is 29.0. The molecule has 0 amide bonds. The number of allylic oxidation sites excluding steroid dienone is 18. The highest BCUT2D eigenvalue weighted by Gasteiger charge is 2.19. The molecule has 59 heavy (non-hydrogen) atoms. The van der Waals surface area contributed by atoms with Gasteiger partial charge in [0.05, 0.1) is 0 Å². The number of hydrogen-bond donors (Lipinski definition) is 0.